The standard InChI is InChI=1S/C30H24ClF3N2O3/c31-19-12-20-24(36-23(19)18-8-6-17(7-9-18)16-4-2-1-3-5-16)22(30(32,33)34)27(35-20)39-21-13-29(21)15-38-25-26(29)37-14-28(25)10-11-28/h1-9,12,21,25-26,35H,10-11,13-15H2/t21-,25?,26+,29?/m1/s1. The lowest BCUT2D eigenvalue weighted by Crippen LogP contribution is -2.30. The quantitative estimate of drug-likeness (QED) is 0.289. The number of H-pyrrole nitrogens is 1. The Morgan fingerprint density at radius 1 is 0.923 bits per heavy atom. The number of halogens is 4. The highest BCUT2D eigenvalue weighted by atomic mass is 35.5. The Hall–Kier alpha value is -3.07. The summed E-state index contributed by atoms with van der Waals surface area (Å²) in [5.74, 6) is -0.331. The first-order valence-electron chi connectivity index (χ1n) is 13.1. The van der Waals surface area contributed by atoms with Gasteiger partial charge in [0, 0.05) is 11.0 Å². The predicted molar refractivity (Wildman–Crippen MR) is 140 cm³/mol. The van der Waals surface area contributed by atoms with Gasteiger partial charge in [0.05, 0.1) is 47.1 Å². The van der Waals surface area contributed by atoms with Gasteiger partial charge in [0.25, 0.3) is 0 Å². The third kappa shape index (κ3) is 3.58. The molecule has 4 fully saturated rings. The number of benzene rings is 2. The Morgan fingerprint density at radius 3 is 2.33 bits per heavy atom. The van der Waals surface area contributed by atoms with Crippen molar-refractivity contribution in [1.82, 2.24) is 9.97 Å². The number of hydrogen-bond donors (Lipinski definition) is 1. The van der Waals surface area contributed by atoms with Crippen molar-refractivity contribution < 1.29 is 27.4 Å². The minimum Gasteiger partial charge on any atom is -0.474 e. The van der Waals surface area contributed by atoms with Gasteiger partial charge in [-0.2, -0.15) is 13.2 Å². The van der Waals surface area contributed by atoms with Crippen LogP contribution in [0.3, 0.4) is 0 Å². The SMILES string of the molecule is FC(F)(F)c1c(O[C@@H]2CC23COC2[C@@H]3OCC23CC3)[nH]c2cc(Cl)c(-c3ccc(-c4ccccc4)cc3)nc12. The number of ether oxygens (including phenoxy) is 3. The van der Waals surface area contributed by atoms with Crippen LogP contribution in [-0.4, -0.2) is 41.5 Å². The number of aromatic nitrogens is 2. The summed E-state index contributed by atoms with van der Waals surface area (Å²) in [6, 6.07) is 18.8. The lowest BCUT2D eigenvalue weighted by atomic mass is 9.92. The summed E-state index contributed by atoms with van der Waals surface area (Å²) in [6.45, 7) is 1.11. The van der Waals surface area contributed by atoms with Crippen LogP contribution in [0.1, 0.15) is 24.8 Å². The lowest BCUT2D eigenvalue weighted by molar-refractivity contribution is -0.138. The number of fused-ring (bicyclic) bond motifs is 4. The van der Waals surface area contributed by atoms with Crippen molar-refractivity contribution >= 4 is 22.6 Å². The molecule has 2 aromatic carbocycles. The molecule has 9 heteroatoms. The highest BCUT2D eigenvalue weighted by Crippen LogP contribution is 2.67. The van der Waals surface area contributed by atoms with Gasteiger partial charge in [-0.15, -0.1) is 0 Å². The maximum Gasteiger partial charge on any atom is 0.423 e. The fourth-order valence-electron chi connectivity index (χ4n) is 6.51. The van der Waals surface area contributed by atoms with Gasteiger partial charge in [0.2, 0.25) is 5.88 Å². The molecule has 2 saturated carbocycles. The summed E-state index contributed by atoms with van der Waals surface area (Å²) < 4.78 is 61.5. The van der Waals surface area contributed by atoms with Crippen molar-refractivity contribution in [3.8, 4) is 28.3 Å². The van der Waals surface area contributed by atoms with Crippen LogP contribution >= 0.6 is 11.6 Å². The average Bonchev–Trinajstić information content (AvgIpc) is 3.69. The molecule has 8 rings (SSSR count). The van der Waals surface area contributed by atoms with Crippen LogP contribution in [0.15, 0.2) is 60.7 Å². The van der Waals surface area contributed by atoms with Crippen LogP contribution in [0.4, 0.5) is 13.2 Å². The van der Waals surface area contributed by atoms with Crippen LogP contribution in [0.25, 0.3) is 33.4 Å². The van der Waals surface area contributed by atoms with Gasteiger partial charge in [0.1, 0.15) is 17.2 Å². The van der Waals surface area contributed by atoms with E-state index >= 15 is 0 Å². The average molecular weight is 553 g/mol. The second kappa shape index (κ2) is 7.99. The summed E-state index contributed by atoms with van der Waals surface area (Å²) in [4.78, 5) is 7.24. The van der Waals surface area contributed by atoms with Gasteiger partial charge in [0.15, 0.2) is 0 Å². The van der Waals surface area contributed by atoms with Crippen molar-refractivity contribution in [2.45, 2.75) is 43.8 Å². The highest BCUT2D eigenvalue weighted by Gasteiger charge is 2.75. The Morgan fingerprint density at radius 2 is 1.62 bits per heavy atom. The molecule has 0 amide bonds. The molecule has 2 aliphatic heterocycles. The molecule has 2 aromatic heterocycles. The molecule has 4 atom stereocenters. The Bertz CT molecular complexity index is 1600. The van der Waals surface area contributed by atoms with E-state index in [0.29, 0.717) is 25.2 Å². The summed E-state index contributed by atoms with van der Waals surface area (Å²) >= 11 is 6.54. The van der Waals surface area contributed by atoms with Gasteiger partial charge in [-0.05, 0) is 36.5 Å². The number of hydrogen-bond acceptors (Lipinski definition) is 4. The van der Waals surface area contributed by atoms with E-state index in [0.717, 1.165) is 24.0 Å². The first-order valence-corrected chi connectivity index (χ1v) is 13.5. The van der Waals surface area contributed by atoms with E-state index in [2.05, 4.69) is 9.97 Å². The summed E-state index contributed by atoms with van der Waals surface area (Å²) in [6.07, 6.45) is -2.43. The van der Waals surface area contributed by atoms with E-state index in [1.807, 2.05) is 54.6 Å². The zero-order chi connectivity index (χ0) is 26.6. The first-order chi connectivity index (χ1) is 18.8. The largest absolute Gasteiger partial charge is 0.474 e. The van der Waals surface area contributed by atoms with Crippen LogP contribution in [-0.2, 0) is 15.7 Å². The Kier molecular flexibility index (Phi) is 4.87. The van der Waals surface area contributed by atoms with Gasteiger partial charge >= 0.3 is 6.18 Å². The van der Waals surface area contributed by atoms with E-state index in [1.54, 1.807) is 0 Å². The van der Waals surface area contributed by atoms with Crippen LogP contribution in [0.2, 0.25) is 5.02 Å². The van der Waals surface area contributed by atoms with Crippen molar-refractivity contribution in [2.24, 2.45) is 10.8 Å². The number of alkyl halides is 3. The molecular formula is C30H24ClF3N2O3. The van der Waals surface area contributed by atoms with Gasteiger partial charge < -0.3 is 19.2 Å². The van der Waals surface area contributed by atoms with E-state index in [9.17, 15) is 13.2 Å². The second-order valence-corrected chi connectivity index (χ2v) is 11.8. The van der Waals surface area contributed by atoms with Crippen molar-refractivity contribution in [2.75, 3.05) is 13.2 Å². The van der Waals surface area contributed by atoms with E-state index in [1.165, 1.54) is 6.07 Å². The molecule has 4 heterocycles. The Labute approximate surface area is 227 Å². The number of aromatic amines is 1. The third-order valence-electron chi connectivity index (χ3n) is 8.96. The number of pyridine rings is 1. The van der Waals surface area contributed by atoms with E-state index in [4.69, 9.17) is 25.8 Å². The molecule has 2 unspecified atom stereocenters. The number of nitrogens with one attached hydrogen (secondary N) is 1. The molecule has 4 aromatic rings. The molecule has 2 spiro atoms. The maximum absolute atomic E-state index is 14.4. The number of nitrogens with zero attached hydrogens (tertiary/aromatic N) is 1. The van der Waals surface area contributed by atoms with Gasteiger partial charge in [-0.3, -0.25) is 0 Å². The zero-order valence-electron chi connectivity index (χ0n) is 20.7. The van der Waals surface area contributed by atoms with Crippen molar-refractivity contribution in [3.05, 3.63) is 71.2 Å². The van der Waals surface area contributed by atoms with E-state index < -0.39 is 23.3 Å². The Balaban J connectivity index is 1.13. The third-order valence-corrected chi connectivity index (χ3v) is 9.25. The molecule has 0 radical (unpaired) electrons. The lowest BCUT2D eigenvalue weighted by Gasteiger charge is -2.17. The molecule has 1 N–H and O–H groups in total. The molecule has 4 aliphatic rings. The smallest absolute Gasteiger partial charge is 0.423 e. The molecule has 2 saturated heterocycles. The van der Waals surface area contributed by atoms with Crippen LogP contribution < -0.4 is 4.74 Å². The summed E-state index contributed by atoms with van der Waals surface area (Å²) in [5, 5.41) is 0.250. The monoisotopic (exact) mass is 552 g/mol. The summed E-state index contributed by atoms with van der Waals surface area (Å²) in [7, 11) is 0. The maximum atomic E-state index is 14.4. The minimum atomic E-state index is -4.68. The highest BCUT2D eigenvalue weighted by molar-refractivity contribution is 6.33. The fourth-order valence-corrected chi connectivity index (χ4v) is 6.77. The van der Waals surface area contributed by atoms with E-state index in [-0.39, 0.29) is 45.3 Å². The van der Waals surface area contributed by atoms with Crippen molar-refractivity contribution in [1.29, 1.82) is 0 Å². The zero-order valence-corrected chi connectivity index (χ0v) is 21.5. The molecule has 2 aliphatic carbocycles. The molecular weight excluding hydrogens is 529 g/mol. The fraction of sp³-hybridized carbons (Fsp3) is 0.367. The normalized spacial score (nSPS) is 28.4. The van der Waals surface area contributed by atoms with Crippen LogP contribution in [0.5, 0.6) is 5.88 Å². The molecule has 200 valence electrons. The summed E-state index contributed by atoms with van der Waals surface area (Å²) in [5.41, 5.74) is 1.69. The molecule has 39 heavy (non-hydrogen) atoms. The van der Waals surface area contributed by atoms with Crippen LogP contribution in [0, 0.1) is 10.8 Å². The molecule has 0 bridgehead atoms. The second-order valence-electron chi connectivity index (χ2n) is 11.4. The van der Waals surface area contributed by atoms with Crippen molar-refractivity contribution in [3.63, 3.8) is 0 Å². The van der Waals surface area contributed by atoms with Gasteiger partial charge in [-0.25, -0.2) is 4.98 Å². The first kappa shape index (κ1) is 23.8. The minimum absolute atomic E-state index is 0.0206. The topological polar surface area (TPSA) is 56.4 Å². The molecule has 5 nitrogen and oxygen atoms in total. The predicted octanol–water partition coefficient (Wildman–Crippen LogP) is 7.28. The van der Waals surface area contributed by atoms with Gasteiger partial charge in [-0.1, -0.05) is 66.2 Å². The number of rotatable bonds is 4.